The minimum atomic E-state index is -4.34. The van der Waals surface area contributed by atoms with Gasteiger partial charge in [0.1, 0.15) is 48.4 Å². The number of terminal acetylenes is 1. The molecule has 0 saturated carbocycles. The molecule has 5 rings (SSSR count). The second-order valence-electron chi connectivity index (χ2n) is 10.3. The Morgan fingerprint density at radius 3 is 2.64 bits per heavy atom. The van der Waals surface area contributed by atoms with Crippen LogP contribution in [-0.2, 0) is 30.0 Å². The molecule has 0 spiro atoms. The van der Waals surface area contributed by atoms with Crippen LogP contribution in [0.3, 0.4) is 0 Å². The molecule has 12 nitrogen and oxygen atoms in total. The fourth-order valence-electron chi connectivity index (χ4n) is 4.77. The number of carbonyl (C=O) groups is 1. The number of aromatic nitrogens is 3. The number of nitrogens with two attached hydrogens (primary N) is 1. The van der Waals surface area contributed by atoms with Crippen LogP contribution in [-0.4, -0.2) is 56.1 Å². The Hall–Kier alpha value is -4.31. The Kier molecular flexibility index (Phi) is 9.01. The van der Waals surface area contributed by atoms with Crippen LogP contribution in [0.4, 0.5) is 10.2 Å². The van der Waals surface area contributed by atoms with Gasteiger partial charge in [-0.1, -0.05) is 54.5 Å². The van der Waals surface area contributed by atoms with E-state index in [0.29, 0.717) is 10.9 Å². The molecule has 0 bridgehead atoms. The Bertz CT molecular complexity index is 1720. The van der Waals surface area contributed by atoms with E-state index in [4.69, 9.17) is 30.7 Å². The van der Waals surface area contributed by atoms with E-state index in [-0.39, 0.29) is 25.2 Å². The van der Waals surface area contributed by atoms with Gasteiger partial charge < -0.3 is 29.4 Å². The summed E-state index contributed by atoms with van der Waals surface area (Å²) in [5.41, 5.74) is 4.89. The Morgan fingerprint density at radius 2 is 1.95 bits per heavy atom. The average molecular weight is 626 g/mol. The summed E-state index contributed by atoms with van der Waals surface area (Å²) in [6, 6.07) is 16.0. The number of halogens is 1. The minimum Gasteiger partial charge on any atom is -0.460 e. The van der Waals surface area contributed by atoms with Crippen molar-refractivity contribution in [2.45, 2.75) is 50.6 Å². The molecule has 0 radical (unpaired) electrons. The lowest BCUT2D eigenvalue weighted by atomic mass is 9.98. The maximum atomic E-state index is 16.1. The summed E-state index contributed by atoms with van der Waals surface area (Å²) in [6.45, 7) is 2.00. The Morgan fingerprint density at radius 1 is 1.27 bits per heavy atom. The number of fused-ring (bicyclic) bond motifs is 1. The van der Waals surface area contributed by atoms with Gasteiger partial charge in [0.25, 0.3) is 0 Å². The lowest BCUT2D eigenvalue weighted by molar-refractivity contribution is -0.146. The van der Waals surface area contributed by atoms with Crippen LogP contribution in [0.5, 0.6) is 5.75 Å². The first kappa shape index (κ1) is 31.1. The minimum absolute atomic E-state index is 0. The fourth-order valence-corrected chi connectivity index (χ4v) is 6.27. The van der Waals surface area contributed by atoms with Crippen LogP contribution < -0.4 is 15.3 Å². The topological polar surface area (TPSA) is 160 Å². The summed E-state index contributed by atoms with van der Waals surface area (Å²) in [6.07, 6.45) is 3.78. The third-order valence-corrected chi connectivity index (χ3v) is 8.71. The molecule has 2 unspecified atom stereocenters. The van der Waals surface area contributed by atoms with Gasteiger partial charge in [-0.25, -0.2) is 18.9 Å². The first-order valence-corrected chi connectivity index (χ1v) is 15.1. The summed E-state index contributed by atoms with van der Waals surface area (Å²) in [5.74, 6) is 2.03. The van der Waals surface area contributed by atoms with E-state index >= 15 is 4.39 Å². The van der Waals surface area contributed by atoms with E-state index in [9.17, 15) is 14.5 Å². The smallest absolute Gasteiger partial charge is 0.459 e. The number of hydrogen-bond acceptors (Lipinski definition) is 10. The standard InChI is InChI=1S/C30H31FN5O7P.H2/c1-4-21-15-36(27-24(21)26(32)33-18-34-27)29-30(3,31)25(37)23(42-29)17-41-44(39,43-22-13-9-6-10-14-22)35-19(2)28(38)40-16-20-11-7-5-8-12-20;/h1,5-15,18-19,23,25,29,37H,16-17H2,2-3H3,(H,35,39)(H2,32,33,34);1H/t19?,23-,25-,29-,30-,44?;/m1./s1. The first-order valence-electron chi connectivity index (χ1n) is 13.6. The van der Waals surface area contributed by atoms with Crippen molar-refractivity contribution in [2.75, 3.05) is 12.3 Å². The van der Waals surface area contributed by atoms with Crippen molar-refractivity contribution in [3.05, 3.63) is 84.3 Å². The normalized spacial score (nSPS) is 23.5. The van der Waals surface area contributed by atoms with E-state index in [1.807, 2.05) is 18.2 Å². The molecule has 1 aliphatic heterocycles. The predicted molar refractivity (Wildman–Crippen MR) is 161 cm³/mol. The highest BCUT2D eigenvalue weighted by Crippen LogP contribution is 2.48. The number of anilines is 1. The molecule has 4 N–H and O–H groups in total. The monoisotopic (exact) mass is 625 g/mol. The summed E-state index contributed by atoms with van der Waals surface area (Å²) < 4.78 is 53.9. The number of nitrogens with one attached hydrogen (secondary N) is 1. The molecule has 6 atom stereocenters. The number of para-hydroxylation sites is 1. The first-order chi connectivity index (χ1) is 21.0. The molecule has 3 heterocycles. The number of nitrogen functional groups attached to an aromatic ring is 1. The lowest BCUT2D eigenvalue weighted by Gasteiger charge is -2.25. The maximum Gasteiger partial charge on any atom is 0.459 e. The van der Waals surface area contributed by atoms with Gasteiger partial charge in [0.15, 0.2) is 11.9 Å². The molecule has 2 aromatic heterocycles. The molecule has 232 valence electrons. The van der Waals surface area contributed by atoms with Gasteiger partial charge in [0.05, 0.1) is 17.6 Å². The van der Waals surface area contributed by atoms with Gasteiger partial charge in [-0.3, -0.25) is 9.32 Å². The Labute approximate surface area is 254 Å². The predicted octanol–water partition coefficient (Wildman–Crippen LogP) is 4.15. The number of alkyl halides is 1. The third kappa shape index (κ3) is 6.45. The molecular weight excluding hydrogens is 592 g/mol. The van der Waals surface area contributed by atoms with Gasteiger partial charge in [-0.15, -0.1) is 6.42 Å². The second kappa shape index (κ2) is 12.7. The summed E-state index contributed by atoms with van der Waals surface area (Å²) >= 11 is 0. The van der Waals surface area contributed by atoms with Crippen molar-refractivity contribution in [3.8, 4) is 18.1 Å². The van der Waals surface area contributed by atoms with E-state index in [0.717, 1.165) is 12.5 Å². The zero-order valence-electron chi connectivity index (χ0n) is 23.9. The summed E-state index contributed by atoms with van der Waals surface area (Å²) in [7, 11) is -4.34. The van der Waals surface area contributed by atoms with E-state index in [1.165, 1.54) is 24.0 Å². The zero-order valence-corrected chi connectivity index (χ0v) is 24.8. The van der Waals surface area contributed by atoms with E-state index in [1.54, 1.807) is 42.5 Å². The summed E-state index contributed by atoms with van der Waals surface area (Å²) in [4.78, 5) is 20.9. The highest BCUT2D eigenvalue weighted by molar-refractivity contribution is 7.52. The van der Waals surface area contributed by atoms with Crippen LogP contribution in [0.2, 0.25) is 0 Å². The molecule has 0 amide bonds. The van der Waals surface area contributed by atoms with Crippen molar-refractivity contribution in [2.24, 2.45) is 0 Å². The van der Waals surface area contributed by atoms with Crippen LogP contribution in [0.25, 0.3) is 11.0 Å². The molecule has 4 aromatic rings. The molecule has 14 heteroatoms. The zero-order chi connectivity index (χ0) is 31.5. The van der Waals surface area contributed by atoms with Gasteiger partial charge >= 0.3 is 13.7 Å². The maximum absolute atomic E-state index is 16.1. The van der Waals surface area contributed by atoms with Crippen molar-refractivity contribution in [3.63, 3.8) is 0 Å². The molecule has 1 fully saturated rings. The SMILES string of the molecule is C#Cc1cn([C@@H]2O[C@H](COP(=O)(NC(C)C(=O)OCc3ccccc3)Oc3ccccc3)[C@@H](O)[C@@]2(C)F)c2ncnc(N)c12.[HH]. The van der Waals surface area contributed by atoms with Crippen molar-refractivity contribution in [1.29, 1.82) is 0 Å². The molecular formula is C30H33FN5O7P. The number of aliphatic hydroxyl groups is 1. The van der Waals surface area contributed by atoms with E-state index < -0.39 is 50.5 Å². The Balaban J connectivity index is 0.00000461. The van der Waals surface area contributed by atoms with Crippen molar-refractivity contribution < 1.29 is 38.8 Å². The number of benzene rings is 2. The van der Waals surface area contributed by atoms with Crippen LogP contribution in [0.15, 0.2) is 73.2 Å². The van der Waals surface area contributed by atoms with Crippen molar-refractivity contribution in [1.82, 2.24) is 19.6 Å². The molecule has 0 aliphatic carbocycles. The highest BCUT2D eigenvalue weighted by Gasteiger charge is 2.56. The number of rotatable bonds is 11. The van der Waals surface area contributed by atoms with Gasteiger partial charge in [0.2, 0.25) is 0 Å². The van der Waals surface area contributed by atoms with Crippen LogP contribution in [0.1, 0.15) is 32.6 Å². The lowest BCUT2D eigenvalue weighted by Crippen LogP contribution is -2.41. The molecule has 2 aromatic carbocycles. The summed E-state index contributed by atoms with van der Waals surface area (Å²) in [5, 5.41) is 13.9. The fraction of sp³-hybridized carbons (Fsp3) is 0.300. The van der Waals surface area contributed by atoms with Crippen molar-refractivity contribution >= 4 is 30.6 Å². The van der Waals surface area contributed by atoms with E-state index in [2.05, 4.69) is 21.0 Å². The number of esters is 1. The number of ether oxygens (including phenoxy) is 2. The number of aliphatic hydroxyl groups excluding tert-OH is 1. The third-order valence-electron chi connectivity index (χ3n) is 7.07. The highest BCUT2D eigenvalue weighted by atomic mass is 31.2. The van der Waals surface area contributed by atoms with Gasteiger partial charge in [-0.2, -0.15) is 5.09 Å². The number of hydrogen-bond donors (Lipinski definition) is 3. The van der Waals surface area contributed by atoms with Gasteiger partial charge in [-0.05, 0) is 31.5 Å². The van der Waals surface area contributed by atoms with Gasteiger partial charge in [0, 0.05) is 7.62 Å². The van der Waals surface area contributed by atoms with Crippen LogP contribution >= 0.6 is 7.75 Å². The van der Waals surface area contributed by atoms with Crippen LogP contribution in [0, 0.1) is 12.3 Å². The average Bonchev–Trinajstić information content (AvgIpc) is 3.50. The molecule has 1 aliphatic rings. The largest absolute Gasteiger partial charge is 0.460 e. The molecule has 1 saturated heterocycles. The number of nitrogens with zero attached hydrogens (tertiary/aromatic N) is 3. The molecule has 44 heavy (non-hydrogen) atoms. The quantitative estimate of drug-likeness (QED) is 0.125. The number of carbonyl (C=O) groups excluding carboxylic acids is 1. The second-order valence-corrected chi connectivity index (χ2v) is 12.0.